The minimum absolute atomic E-state index is 0.221. The summed E-state index contributed by atoms with van der Waals surface area (Å²) in [6.45, 7) is 6.59. The van der Waals surface area contributed by atoms with Crippen LogP contribution in [-0.4, -0.2) is 12.8 Å². The van der Waals surface area contributed by atoms with E-state index in [0.29, 0.717) is 0 Å². The quantitative estimate of drug-likeness (QED) is 0.490. The summed E-state index contributed by atoms with van der Waals surface area (Å²) in [6, 6.07) is 2.19. The highest BCUT2D eigenvalue weighted by Crippen LogP contribution is 2.19. The van der Waals surface area contributed by atoms with Crippen molar-refractivity contribution in [2.75, 3.05) is 0 Å². The molecule has 1 aromatic rings. The fraction of sp³-hybridized carbons (Fsp3) is 0.444. The maximum atomic E-state index is 4.15. The molecule has 0 aliphatic rings. The van der Waals surface area contributed by atoms with Crippen LogP contribution in [0.2, 0.25) is 0 Å². The van der Waals surface area contributed by atoms with Crippen LogP contribution in [0.15, 0.2) is 18.5 Å². The Labute approximate surface area is 69.3 Å². The van der Waals surface area contributed by atoms with Crippen LogP contribution in [0.25, 0.3) is 0 Å². The summed E-state index contributed by atoms with van der Waals surface area (Å²) in [5.74, 6) is 0. The third kappa shape index (κ3) is 2.07. The zero-order valence-corrected chi connectivity index (χ0v) is 7.68. The minimum Gasteiger partial charge on any atom is -0.265 e. The average molecular weight is 147 g/mol. The minimum atomic E-state index is 0.221. The first kappa shape index (κ1) is 8.31. The van der Waals surface area contributed by atoms with Crippen molar-refractivity contribution in [2.45, 2.75) is 26.2 Å². The molecule has 58 valence electrons. The van der Waals surface area contributed by atoms with E-state index in [4.69, 9.17) is 0 Å². The smallest absolute Gasteiger partial charge is 0.141 e. The Balaban J connectivity index is 3.06. The fourth-order valence-corrected chi connectivity index (χ4v) is 0.965. The summed E-state index contributed by atoms with van der Waals surface area (Å²) < 4.78 is 0. The molecule has 0 aromatic carbocycles. The molecule has 1 heterocycles. The fourth-order valence-electron chi connectivity index (χ4n) is 0.965. The Bertz CT molecular complexity index is 250. The Hall–Kier alpha value is -0.785. The largest absolute Gasteiger partial charge is 0.265 e. The Morgan fingerprint density at radius 3 is 2.27 bits per heavy atom. The van der Waals surface area contributed by atoms with Crippen molar-refractivity contribution in [2.24, 2.45) is 0 Å². The van der Waals surface area contributed by atoms with Crippen LogP contribution in [0.5, 0.6) is 0 Å². The normalized spacial score (nSPS) is 11.5. The van der Waals surface area contributed by atoms with Crippen molar-refractivity contribution in [3.8, 4) is 0 Å². The first-order valence-corrected chi connectivity index (χ1v) is 3.92. The van der Waals surface area contributed by atoms with Crippen molar-refractivity contribution in [1.29, 1.82) is 0 Å². The van der Waals surface area contributed by atoms with Gasteiger partial charge in [-0.2, -0.15) is 0 Å². The lowest BCUT2D eigenvalue weighted by molar-refractivity contribution is 0.588. The molecule has 0 aliphatic heterocycles. The summed E-state index contributed by atoms with van der Waals surface area (Å²) >= 11 is 0. The van der Waals surface area contributed by atoms with Crippen molar-refractivity contribution in [3.63, 3.8) is 0 Å². The standard InChI is InChI=1S/C9H14BN/c1-9(2,3)7-4-8(10)6-11-5-7/h4-6H,10H2,1-3H3. The van der Waals surface area contributed by atoms with E-state index in [1.807, 2.05) is 12.4 Å². The van der Waals surface area contributed by atoms with Gasteiger partial charge in [-0.25, -0.2) is 0 Å². The van der Waals surface area contributed by atoms with Gasteiger partial charge in [0.25, 0.3) is 0 Å². The van der Waals surface area contributed by atoms with Crippen LogP contribution < -0.4 is 5.46 Å². The molecule has 0 bridgehead atoms. The van der Waals surface area contributed by atoms with Gasteiger partial charge >= 0.3 is 0 Å². The second-order valence-electron chi connectivity index (χ2n) is 4.00. The molecule has 0 unspecified atom stereocenters. The average Bonchev–Trinajstić information content (AvgIpc) is 1.86. The van der Waals surface area contributed by atoms with Crippen molar-refractivity contribution >= 4 is 13.3 Å². The van der Waals surface area contributed by atoms with Gasteiger partial charge < -0.3 is 0 Å². The van der Waals surface area contributed by atoms with Gasteiger partial charge in [0.15, 0.2) is 0 Å². The van der Waals surface area contributed by atoms with E-state index in [1.165, 1.54) is 11.0 Å². The molecule has 0 fully saturated rings. The van der Waals surface area contributed by atoms with Gasteiger partial charge in [0, 0.05) is 12.4 Å². The highest BCUT2D eigenvalue weighted by atomic mass is 14.6. The molecule has 2 heteroatoms. The first-order chi connectivity index (χ1) is 5.00. The van der Waals surface area contributed by atoms with Gasteiger partial charge in [0.1, 0.15) is 7.85 Å². The number of hydrogen-bond acceptors (Lipinski definition) is 1. The molecule has 0 aliphatic carbocycles. The van der Waals surface area contributed by atoms with Crippen LogP contribution in [0, 0.1) is 0 Å². The monoisotopic (exact) mass is 147 g/mol. The molecule has 0 radical (unpaired) electrons. The van der Waals surface area contributed by atoms with Crippen LogP contribution in [0.4, 0.5) is 0 Å². The summed E-state index contributed by atoms with van der Waals surface area (Å²) in [6.07, 6.45) is 3.82. The number of hydrogen-bond donors (Lipinski definition) is 0. The highest BCUT2D eigenvalue weighted by Gasteiger charge is 2.12. The third-order valence-electron chi connectivity index (χ3n) is 1.74. The van der Waals surface area contributed by atoms with Crippen LogP contribution in [0.1, 0.15) is 26.3 Å². The van der Waals surface area contributed by atoms with Crippen molar-refractivity contribution in [1.82, 2.24) is 4.98 Å². The molecular formula is C9H14BN. The molecule has 0 amide bonds. The highest BCUT2D eigenvalue weighted by molar-refractivity contribution is 6.32. The predicted octanol–water partition coefficient (Wildman–Crippen LogP) is 0.637. The van der Waals surface area contributed by atoms with E-state index in [2.05, 4.69) is 39.7 Å². The lowest BCUT2D eigenvalue weighted by Crippen LogP contribution is -2.15. The summed E-state index contributed by atoms with van der Waals surface area (Å²) in [5, 5.41) is 0. The zero-order valence-electron chi connectivity index (χ0n) is 7.68. The number of rotatable bonds is 0. The molecule has 0 saturated carbocycles. The number of pyridine rings is 1. The zero-order chi connectivity index (χ0) is 8.48. The molecule has 0 spiro atoms. The second kappa shape index (κ2) is 2.69. The van der Waals surface area contributed by atoms with E-state index in [-0.39, 0.29) is 5.41 Å². The molecule has 0 N–H and O–H groups in total. The topological polar surface area (TPSA) is 12.9 Å². The van der Waals surface area contributed by atoms with E-state index in [0.717, 1.165) is 0 Å². The molecule has 1 nitrogen and oxygen atoms in total. The van der Waals surface area contributed by atoms with Crippen LogP contribution >= 0.6 is 0 Å². The SMILES string of the molecule is Bc1cncc(C(C)(C)C)c1. The first-order valence-electron chi connectivity index (χ1n) is 3.92. The number of nitrogens with zero attached hydrogens (tertiary/aromatic N) is 1. The maximum absolute atomic E-state index is 4.15. The second-order valence-corrected chi connectivity index (χ2v) is 4.00. The third-order valence-corrected chi connectivity index (χ3v) is 1.74. The maximum Gasteiger partial charge on any atom is 0.141 e. The van der Waals surface area contributed by atoms with Gasteiger partial charge in [-0.1, -0.05) is 32.3 Å². The molecule has 0 saturated heterocycles. The molecule has 1 aromatic heterocycles. The van der Waals surface area contributed by atoms with Crippen molar-refractivity contribution < 1.29 is 0 Å². The Morgan fingerprint density at radius 1 is 1.27 bits per heavy atom. The Kier molecular flexibility index (Phi) is 2.03. The van der Waals surface area contributed by atoms with E-state index in [9.17, 15) is 0 Å². The van der Waals surface area contributed by atoms with Gasteiger partial charge in [-0.05, 0) is 11.0 Å². The van der Waals surface area contributed by atoms with Gasteiger partial charge in [0.05, 0.1) is 0 Å². The molecule has 1 rings (SSSR count). The molecule has 0 atom stereocenters. The van der Waals surface area contributed by atoms with Gasteiger partial charge in [-0.3, -0.25) is 4.98 Å². The molecular weight excluding hydrogens is 133 g/mol. The van der Waals surface area contributed by atoms with Crippen LogP contribution in [-0.2, 0) is 5.41 Å². The lowest BCUT2D eigenvalue weighted by atomic mass is 9.85. The summed E-state index contributed by atoms with van der Waals surface area (Å²) in [7, 11) is 2.07. The Morgan fingerprint density at radius 2 is 1.91 bits per heavy atom. The summed E-state index contributed by atoms with van der Waals surface area (Å²) in [5.41, 5.74) is 2.76. The predicted molar refractivity (Wildman–Crippen MR) is 51.1 cm³/mol. The van der Waals surface area contributed by atoms with E-state index < -0.39 is 0 Å². The van der Waals surface area contributed by atoms with Gasteiger partial charge in [0.2, 0.25) is 0 Å². The van der Waals surface area contributed by atoms with E-state index in [1.54, 1.807) is 0 Å². The van der Waals surface area contributed by atoms with Gasteiger partial charge in [-0.15, -0.1) is 0 Å². The van der Waals surface area contributed by atoms with Crippen LogP contribution in [0.3, 0.4) is 0 Å². The summed E-state index contributed by atoms with van der Waals surface area (Å²) in [4.78, 5) is 4.15. The van der Waals surface area contributed by atoms with E-state index >= 15 is 0 Å². The number of aromatic nitrogens is 1. The molecule has 11 heavy (non-hydrogen) atoms. The lowest BCUT2D eigenvalue weighted by Gasteiger charge is -2.18. The van der Waals surface area contributed by atoms with Crippen molar-refractivity contribution in [3.05, 3.63) is 24.0 Å².